The van der Waals surface area contributed by atoms with E-state index in [0.717, 1.165) is 13.0 Å². The lowest BCUT2D eigenvalue weighted by Gasteiger charge is -2.49. The minimum Gasteiger partial charge on any atom is -0.359 e. The third kappa shape index (κ3) is 3.92. The average Bonchev–Trinajstić information content (AvgIpc) is 3.13. The molecule has 4 heteroatoms. The van der Waals surface area contributed by atoms with Crippen LogP contribution in [0.1, 0.15) is 70.3 Å². The van der Waals surface area contributed by atoms with E-state index in [2.05, 4.69) is 54.4 Å². The van der Waals surface area contributed by atoms with Gasteiger partial charge in [-0.1, -0.05) is 25.1 Å². The van der Waals surface area contributed by atoms with E-state index in [4.69, 9.17) is 4.74 Å². The normalized spacial score (nSPS) is 37.7. The van der Waals surface area contributed by atoms with Crippen LogP contribution in [0.4, 0.5) is 0 Å². The minimum atomic E-state index is -0.0596. The summed E-state index contributed by atoms with van der Waals surface area (Å²) in [5.74, 6) is 0.552. The predicted octanol–water partition coefficient (Wildman–Crippen LogP) is 5.02. The Morgan fingerprint density at radius 3 is 2.90 bits per heavy atom. The fourth-order valence-corrected chi connectivity index (χ4v) is 6.63. The monoisotopic (exact) mass is 421 g/mol. The van der Waals surface area contributed by atoms with Crippen molar-refractivity contribution in [2.45, 2.75) is 94.5 Å². The quantitative estimate of drug-likeness (QED) is 0.741. The van der Waals surface area contributed by atoms with Gasteiger partial charge in [-0.05, 0) is 101 Å². The first-order valence-electron chi connectivity index (χ1n) is 12.4. The Hall–Kier alpha value is -1.49. The molecule has 4 aliphatic rings. The van der Waals surface area contributed by atoms with Crippen LogP contribution in [-0.4, -0.2) is 47.3 Å². The second kappa shape index (κ2) is 8.46. The highest BCUT2D eigenvalue weighted by atomic mass is 16.5. The third-order valence-electron chi connectivity index (χ3n) is 8.67. The first-order chi connectivity index (χ1) is 15.0. The van der Waals surface area contributed by atoms with Crippen LogP contribution in [0.3, 0.4) is 0 Å². The van der Waals surface area contributed by atoms with Crippen molar-refractivity contribution < 1.29 is 4.74 Å². The fraction of sp³-hybridized carbons (Fsp3) is 0.667. The smallest absolute Gasteiger partial charge is 0.0966 e. The van der Waals surface area contributed by atoms with Crippen LogP contribution < -0.4 is 5.32 Å². The van der Waals surface area contributed by atoms with Crippen LogP contribution in [-0.2, 0) is 11.3 Å². The maximum absolute atomic E-state index is 7.24. The number of hydrogen-bond donors (Lipinski definition) is 1. The molecule has 2 aliphatic carbocycles. The Labute approximate surface area is 188 Å². The number of pyridine rings is 1. The number of nitrogens with one attached hydrogen (secondary N) is 1. The van der Waals surface area contributed by atoms with Gasteiger partial charge in [0.1, 0.15) is 0 Å². The second-order valence-electron chi connectivity index (χ2n) is 10.7. The lowest BCUT2D eigenvalue weighted by Crippen LogP contribution is -2.51. The Morgan fingerprint density at radius 2 is 2.10 bits per heavy atom. The lowest BCUT2D eigenvalue weighted by atomic mass is 9.74. The van der Waals surface area contributed by atoms with E-state index in [1.54, 1.807) is 5.57 Å². The van der Waals surface area contributed by atoms with E-state index in [9.17, 15) is 0 Å². The van der Waals surface area contributed by atoms with Crippen molar-refractivity contribution in [3.63, 3.8) is 0 Å². The van der Waals surface area contributed by atoms with E-state index < -0.39 is 0 Å². The first-order valence-corrected chi connectivity index (χ1v) is 12.4. The highest BCUT2D eigenvalue weighted by Gasteiger charge is 2.59. The molecule has 2 bridgehead atoms. The maximum atomic E-state index is 7.24. The molecule has 2 spiro atoms. The minimum absolute atomic E-state index is 0.00476. The standard InChI is InChI=1S/C27H39N3O/c1-20-9-11-24(29-19-21-6-5-15-28-18-21)8-4-7-23-16-22-10-12-25(30(2)3)17-26(22)13-14-27(20,23)31-26/h5-7,15-16,18,20,24-25,29H,4,8-14,17,19H2,1-3H3. The van der Waals surface area contributed by atoms with Crippen LogP contribution >= 0.6 is 0 Å². The number of nitrogens with zero attached hydrogens (tertiary/aromatic N) is 2. The second-order valence-corrected chi connectivity index (χ2v) is 10.7. The van der Waals surface area contributed by atoms with Gasteiger partial charge in [-0.2, -0.15) is 0 Å². The molecule has 0 aromatic carbocycles. The molecular formula is C27H39N3O. The van der Waals surface area contributed by atoms with E-state index >= 15 is 0 Å². The van der Waals surface area contributed by atoms with Crippen molar-refractivity contribution in [3.8, 4) is 0 Å². The summed E-state index contributed by atoms with van der Waals surface area (Å²) in [6.07, 6.45) is 19.7. The summed E-state index contributed by atoms with van der Waals surface area (Å²) in [5, 5.41) is 3.81. The summed E-state index contributed by atoms with van der Waals surface area (Å²) in [7, 11) is 4.46. The molecule has 5 rings (SSSR count). The van der Waals surface area contributed by atoms with Crippen LogP contribution in [0.25, 0.3) is 0 Å². The van der Waals surface area contributed by atoms with Crippen molar-refractivity contribution in [3.05, 3.63) is 53.4 Å². The first kappa shape index (κ1) is 21.4. The summed E-state index contributed by atoms with van der Waals surface area (Å²) in [6, 6.07) is 5.39. The summed E-state index contributed by atoms with van der Waals surface area (Å²) < 4.78 is 7.24. The third-order valence-corrected chi connectivity index (χ3v) is 8.67. The number of aromatic nitrogens is 1. The zero-order chi connectivity index (χ0) is 21.5. The molecule has 1 saturated heterocycles. The number of hydrogen-bond acceptors (Lipinski definition) is 4. The molecule has 168 valence electrons. The molecule has 5 atom stereocenters. The highest BCUT2D eigenvalue weighted by Crippen LogP contribution is 2.59. The zero-order valence-electron chi connectivity index (χ0n) is 19.6. The van der Waals surface area contributed by atoms with Gasteiger partial charge in [0.15, 0.2) is 0 Å². The highest BCUT2D eigenvalue weighted by molar-refractivity contribution is 5.44. The average molecular weight is 422 g/mol. The van der Waals surface area contributed by atoms with Crippen molar-refractivity contribution >= 4 is 0 Å². The van der Waals surface area contributed by atoms with Crippen molar-refractivity contribution in [1.82, 2.24) is 15.2 Å². The summed E-state index contributed by atoms with van der Waals surface area (Å²) in [6.45, 7) is 3.35. The molecule has 2 aliphatic heterocycles. The van der Waals surface area contributed by atoms with Gasteiger partial charge in [-0.25, -0.2) is 0 Å². The molecule has 2 fully saturated rings. The van der Waals surface area contributed by atoms with Crippen molar-refractivity contribution in [2.75, 3.05) is 14.1 Å². The van der Waals surface area contributed by atoms with Gasteiger partial charge in [0, 0.05) is 31.0 Å². The van der Waals surface area contributed by atoms with Crippen LogP contribution in [0.2, 0.25) is 0 Å². The molecule has 1 aromatic heterocycles. The molecule has 1 N–H and O–H groups in total. The Morgan fingerprint density at radius 1 is 1.19 bits per heavy atom. The molecule has 0 radical (unpaired) electrons. The van der Waals surface area contributed by atoms with Gasteiger partial charge in [0.05, 0.1) is 11.2 Å². The number of ether oxygens (including phenoxy) is 1. The van der Waals surface area contributed by atoms with Gasteiger partial charge in [0.2, 0.25) is 0 Å². The topological polar surface area (TPSA) is 37.4 Å². The van der Waals surface area contributed by atoms with Gasteiger partial charge in [-0.3, -0.25) is 4.98 Å². The molecule has 1 saturated carbocycles. The SMILES string of the molecule is CC1CCC(NCc2cccnc2)CCC=C2C=C3CCC(N(C)C)CC34CCC21O4. The molecular weight excluding hydrogens is 382 g/mol. The maximum Gasteiger partial charge on any atom is 0.0966 e. The number of allylic oxidation sites excluding steroid dienone is 1. The van der Waals surface area contributed by atoms with Crippen molar-refractivity contribution in [2.24, 2.45) is 5.92 Å². The van der Waals surface area contributed by atoms with E-state index in [-0.39, 0.29) is 11.2 Å². The molecule has 0 amide bonds. The molecule has 3 heterocycles. The van der Waals surface area contributed by atoms with Gasteiger partial charge >= 0.3 is 0 Å². The summed E-state index contributed by atoms with van der Waals surface area (Å²) in [5.41, 5.74) is 4.30. The van der Waals surface area contributed by atoms with Crippen LogP contribution in [0.15, 0.2) is 47.8 Å². The van der Waals surface area contributed by atoms with Gasteiger partial charge in [-0.15, -0.1) is 0 Å². The fourth-order valence-electron chi connectivity index (χ4n) is 6.63. The van der Waals surface area contributed by atoms with E-state index in [0.29, 0.717) is 18.0 Å². The molecule has 1 aromatic rings. The lowest BCUT2D eigenvalue weighted by molar-refractivity contribution is -0.115. The molecule has 4 nitrogen and oxygen atoms in total. The van der Waals surface area contributed by atoms with Gasteiger partial charge < -0.3 is 15.0 Å². The zero-order valence-corrected chi connectivity index (χ0v) is 19.6. The molecule has 31 heavy (non-hydrogen) atoms. The largest absolute Gasteiger partial charge is 0.359 e. The summed E-state index contributed by atoms with van der Waals surface area (Å²) >= 11 is 0. The number of rotatable bonds is 4. The van der Waals surface area contributed by atoms with Crippen molar-refractivity contribution in [1.29, 1.82) is 0 Å². The van der Waals surface area contributed by atoms with E-state index in [1.165, 1.54) is 62.5 Å². The van der Waals surface area contributed by atoms with Crippen LogP contribution in [0.5, 0.6) is 0 Å². The Kier molecular flexibility index (Phi) is 5.83. The Bertz CT molecular complexity index is 847. The molecule has 5 unspecified atom stereocenters. The Balaban J connectivity index is 1.34. The summed E-state index contributed by atoms with van der Waals surface area (Å²) in [4.78, 5) is 6.67. The predicted molar refractivity (Wildman–Crippen MR) is 126 cm³/mol. The van der Waals surface area contributed by atoms with Crippen LogP contribution in [0, 0.1) is 5.92 Å². The van der Waals surface area contributed by atoms with Gasteiger partial charge in [0.25, 0.3) is 0 Å². The van der Waals surface area contributed by atoms with E-state index in [1.807, 2.05) is 18.5 Å².